The lowest BCUT2D eigenvalue weighted by Gasteiger charge is -2.36. The van der Waals surface area contributed by atoms with Gasteiger partial charge in [-0.15, -0.1) is 0 Å². The van der Waals surface area contributed by atoms with Crippen LogP contribution in [0, 0.1) is 11.8 Å². The van der Waals surface area contributed by atoms with Gasteiger partial charge in [-0.3, -0.25) is 0 Å². The molecule has 2 aliphatic heterocycles. The van der Waals surface area contributed by atoms with E-state index in [0.717, 1.165) is 43.6 Å². The van der Waals surface area contributed by atoms with E-state index >= 15 is 0 Å². The number of furan rings is 1. The Hall–Kier alpha value is -2.35. The second-order valence-electron chi connectivity index (χ2n) is 8.34. The van der Waals surface area contributed by atoms with Crippen LogP contribution in [0.2, 0.25) is 0 Å². The molecule has 0 bridgehead atoms. The summed E-state index contributed by atoms with van der Waals surface area (Å²) in [6.07, 6.45) is 5.35. The lowest BCUT2D eigenvalue weighted by molar-refractivity contribution is 0.355. The highest BCUT2D eigenvalue weighted by atomic mass is 32.1. The summed E-state index contributed by atoms with van der Waals surface area (Å²) >= 11 is 5.45. The zero-order valence-corrected chi connectivity index (χ0v) is 18.0. The molecule has 29 heavy (non-hydrogen) atoms. The maximum Gasteiger partial charge on any atom is 0.232 e. The van der Waals surface area contributed by atoms with Gasteiger partial charge in [0.25, 0.3) is 0 Å². The molecule has 2 N–H and O–H groups in total. The first-order chi connectivity index (χ1) is 14.1. The highest BCUT2D eigenvalue weighted by Gasteiger charge is 2.25. The maximum atomic E-state index is 5.45. The summed E-state index contributed by atoms with van der Waals surface area (Å²) < 4.78 is 5.34. The Kier molecular flexibility index (Phi) is 6.18. The highest BCUT2D eigenvalue weighted by Crippen LogP contribution is 2.29. The maximum absolute atomic E-state index is 5.45. The van der Waals surface area contributed by atoms with E-state index in [2.05, 4.69) is 40.3 Å². The molecule has 0 unspecified atom stereocenters. The van der Waals surface area contributed by atoms with Crippen molar-refractivity contribution in [3.8, 4) is 0 Å². The molecule has 7 nitrogen and oxygen atoms in total. The van der Waals surface area contributed by atoms with Crippen LogP contribution < -0.4 is 20.4 Å². The molecule has 2 aliphatic rings. The molecule has 0 aromatic carbocycles. The Morgan fingerprint density at radius 2 is 1.83 bits per heavy atom. The van der Waals surface area contributed by atoms with Crippen molar-refractivity contribution in [2.75, 3.05) is 41.3 Å². The van der Waals surface area contributed by atoms with Crippen molar-refractivity contribution in [3.05, 3.63) is 30.2 Å². The van der Waals surface area contributed by atoms with Gasteiger partial charge >= 0.3 is 0 Å². The second-order valence-corrected chi connectivity index (χ2v) is 8.75. The van der Waals surface area contributed by atoms with Crippen LogP contribution in [-0.2, 0) is 6.54 Å². The van der Waals surface area contributed by atoms with Crippen LogP contribution in [0.3, 0.4) is 0 Å². The number of aromatic nitrogens is 2. The molecule has 2 fully saturated rings. The zero-order chi connectivity index (χ0) is 20.2. The number of hydrogen-bond donors (Lipinski definition) is 2. The quantitative estimate of drug-likeness (QED) is 0.719. The van der Waals surface area contributed by atoms with Gasteiger partial charge in [0.05, 0.1) is 12.8 Å². The summed E-state index contributed by atoms with van der Waals surface area (Å²) in [5.74, 6) is 4.67. The van der Waals surface area contributed by atoms with Gasteiger partial charge in [-0.1, -0.05) is 13.8 Å². The van der Waals surface area contributed by atoms with Gasteiger partial charge in [0, 0.05) is 32.2 Å². The molecule has 2 saturated heterocycles. The molecule has 0 radical (unpaired) electrons. The molecule has 2 atom stereocenters. The highest BCUT2D eigenvalue weighted by molar-refractivity contribution is 7.80. The fraction of sp³-hybridized carbons (Fsp3) is 0.571. The third kappa shape index (κ3) is 5.18. The van der Waals surface area contributed by atoms with Crippen LogP contribution in [-0.4, -0.2) is 41.3 Å². The van der Waals surface area contributed by atoms with E-state index in [1.807, 2.05) is 12.1 Å². The number of nitrogens with one attached hydrogen (secondary N) is 2. The molecular formula is C21H30N6OS. The molecule has 0 amide bonds. The number of piperidine rings is 1. The van der Waals surface area contributed by atoms with Crippen LogP contribution in [0.15, 0.2) is 28.9 Å². The Morgan fingerprint density at radius 3 is 2.48 bits per heavy atom. The largest absolute Gasteiger partial charge is 0.467 e. The van der Waals surface area contributed by atoms with Gasteiger partial charge in [-0.25, -0.2) is 0 Å². The van der Waals surface area contributed by atoms with Crippen molar-refractivity contribution in [2.45, 2.75) is 39.7 Å². The molecule has 0 spiro atoms. The van der Waals surface area contributed by atoms with Gasteiger partial charge < -0.3 is 24.9 Å². The Labute approximate surface area is 177 Å². The fourth-order valence-corrected chi connectivity index (χ4v) is 4.49. The van der Waals surface area contributed by atoms with E-state index in [4.69, 9.17) is 26.6 Å². The average molecular weight is 415 g/mol. The number of nitrogens with zero attached hydrogens (tertiary/aromatic N) is 4. The van der Waals surface area contributed by atoms with Crippen LogP contribution >= 0.6 is 12.2 Å². The smallest absolute Gasteiger partial charge is 0.232 e. The van der Waals surface area contributed by atoms with E-state index < -0.39 is 0 Å². The van der Waals surface area contributed by atoms with Crippen LogP contribution in [0.25, 0.3) is 0 Å². The molecule has 0 saturated carbocycles. The van der Waals surface area contributed by atoms with Crippen molar-refractivity contribution in [1.82, 2.24) is 15.3 Å². The average Bonchev–Trinajstić information content (AvgIpc) is 3.39. The molecule has 8 heteroatoms. The number of hydrogen-bond acceptors (Lipinski definition) is 6. The van der Waals surface area contributed by atoms with Gasteiger partial charge in [-0.05, 0) is 55.4 Å². The van der Waals surface area contributed by atoms with E-state index in [1.54, 1.807) is 6.26 Å². The zero-order valence-electron chi connectivity index (χ0n) is 17.2. The molecule has 0 aliphatic carbocycles. The predicted octanol–water partition coefficient (Wildman–Crippen LogP) is 3.64. The first kappa shape index (κ1) is 19.9. The Morgan fingerprint density at radius 1 is 1.14 bits per heavy atom. The normalized spacial score (nSPS) is 22.0. The van der Waals surface area contributed by atoms with Gasteiger partial charge in [-0.2, -0.15) is 9.97 Å². The molecule has 2 aromatic rings. The van der Waals surface area contributed by atoms with Gasteiger partial charge in [0.2, 0.25) is 5.95 Å². The van der Waals surface area contributed by atoms with Gasteiger partial charge in [0.1, 0.15) is 17.4 Å². The minimum atomic E-state index is 0.492. The first-order valence-electron chi connectivity index (χ1n) is 10.5. The fourth-order valence-electron chi connectivity index (χ4n) is 4.32. The van der Waals surface area contributed by atoms with E-state index in [9.17, 15) is 0 Å². The SMILES string of the molecule is C[C@H]1C[C@H](C)CN(c2cc(N3CCCC3)nc(NC(=S)NCc3ccco3)n2)C1. The summed E-state index contributed by atoms with van der Waals surface area (Å²) in [6, 6.07) is 5.92. The lowest BCUT2D eigenvalue weighted by Crippen LogP contribution is -2.39. The van der Waals surface area contributed by atoms with Crippen LogP contribution in [0.5, 0.6) is 0 Å². The summed E-state index contributed by atoms with van der Waals surface area (Å²) in [4.78, 5) is 14.3. The third-order valence-corrected chi connectivity index (χ3v) is 5.80. The lowest BCUT2D eigenvalue weighted by atomic mass is 9.92. The standard InChI is InChI=1S/C21H30N6OS/c1-15-10-16(2)14-27(13-15)19-11-18(26-7-3-4-8-26)23-20(24-19)25-21(29)22-12-17-6-5-9-28-17/h5-6,9,11,15-16H,3-4,7-8,10,12-14H2,1-2H3,(H2,22,23,24,25,29)/t15-,16-/m0/s1. The minimum Gasteiger partial charge on any atom is -0.467 e. The van der Waals surface area contributed by atoms with Crippen LogP contribution in [0.1, 0.15) is 38.9 Å². The Bertz CT molecular complexity index is 811. The molecule has 2 aromatic heterocycles. The Balaban J connectivity index is 1.51. The van der Waals surface area contributed by atoms with E-state index in [-0.39, 0.29) is 0 Å². The predicted molar refractivity (Wildman–Crippen MR) is 120 cm³/mol. The molecular weight excluding hydrogens is 384 g/mol. The van der Waals surface area contributed by atoms with Crippen molar-refractivity contribution in [1.29, 1.82) is 0 Å². The summed E-state index contributed by atoms with van der Waals surface area (Å²) in [7, 11) is 0. The molecule has 4 heterocycles. The van der Waals surface area contributed by atoms with E-state index in [0.29, 0.717) is 29.4 Å². The summed E-state index contributed by atoms with van der Waals surface area (Å²) in [6.45, 7) is 9.31. The topological polar surface area (TPSA) is 69.5 Å². The van der Waals surface area contributed by atoms with E-state index in [1.165, 1.54) is 19.3 Å². The van der Waals surface area contributed by atoms with Crippen molar-refractivity contribution in [2.24, 2.45) is 11.8 Å². The third-order valence-electron chi connectivity index (χ3n) is 5.55. The number of rotatable bonds is 5. The van der Waals surface area contributed by atoms with Crippen molar-refractivity contribution >= 4 is 34.9 Å². The second kappa shape index (κ2) is 8.98. The van der Waals surface area contributed by atoms with Crippen molar-refractivity contribution in [3.63, 3.8) is 0 Å². The summed E-state index contributed by atoms with van der Waals surface area (Å²) in [5, 5.41) is 6.82. The first-order valence-corrected chi connectivity index (χ1v) is 10.9. The molecule has 4 rings (SSSR count). The monoisotopic (exact) mass is 414 g/mol. The number of anilines is 3. The minimum absolute atomic E-state index is 0.492. The van der Waals surface area contributed by atoms with Crippen LogP contribution in [0.4, 0.5) is 17.6 Å². The summed E-state index contributed by atoms with van der Waals surface area (Å²) in [5.41, 5.74) is 0. The molecule has 156 valence electrons. The van der Waals surface area contributed by atoms with Crippen molar-refractivity contribution < 1.29 is 4.42 Å². The van der Waals surface area contributed by atoms with Gasteiger partial charge in [0.15, 0.2) is 5.11 Å². The number of thiocarbonyl (C=S) groups is 1.